The molecule has 0 bridgehead atoms. The topological polar surface area (TPSA) is 57.7 Å². The summed E-state index contributed by atoms with van der Waals surface area (Å²) in [6.07, 6.45) is 1.79. The molecular formula is C21H20N2O3. The zero-order valence-electron chi connectivity index (χ0n) is 14.4. The van der Waals surface area contributed by atoms with Crippen molar-refractivity contribution in [1.82, 2.24) is 9.80 Å². The molecule has 2 aromatic rings. The Morgan fingerprint density at radius 2 is 1.54 bits per heavy atom. The van der Waals surface area contributed by atoms with E-state index in [4.69, 9.17) is 0 Å². The van der Waals surface area contributed by atoms with Gasteiger partial charge in [0.2, 0.25) is 5.91 Å². The second-order valence-corrected chi connectivity index (χ2v) is 6.79. The second kappa shape index (κ2) is 6.75. The van der Waals surface area contributed by atoms with Gasteiger partial charge in [0.1, 0.15) is 0 Å². The van der Waals surface area contributed by atoms with Crippen LogP contribution < -0.4 is 0 Å². The summed E-state index contributed by atoms with van der Waals surface area (Å²) in [7, 11) is 0. The molecule has 0 aromatic heterocycles. The van der Waals surface area contributed by atoms with E-state index in [0.29, 0.717) is 43.5 Å². The van der Waals surface area contributed by atoms with Gasteiger partial charge in [-0.15, -0.1) is 0 Å². The lowest BCUT2D eigenvalue weighted by atomic mass is 10.1. The summed E-state index contributed by atoms with van der Waals surface area (Å²) in [6, 6.07) is 16.6. The summed E-state index contributed by atoms with van der Waals surface area (Å²) in [6.45, 7) is 1.02. The number of rotatable bonds is 4. The minimum absolute atomic E-state index is 0.0768. The fourth-order valence-electron chi connectivity index (χ4n) is 3.77. The van der Waals surface area contributed by atoms with Crippen molar-refractivity contribution >= 4 is 17.7 Å². The maximum atomic E-state index is 12.6. The minimum Gasteiger partial charge on any atom is -0.341 e. The van der Waals surface area contributed by atoms with Gasteiger partial charge in [0.15, 0.2) is 0 Å². The van der Waals surface area contributed by atoms with Crippen LogP contribution in [0.1, 0.15) is 39.1 Å². The molecule has 3 amide bonds. The first-order valence-corrected chi connectivity index (χ1v) is 8.94. The number of benzene rings is 2. The highest BCUT2D eigenvalue weighted by Crippen LogP contribution is 2.28. The molecular weight excluding hydrogens is 328 g/mol. The third-order valence-corrected chi connectivity index (χ3v) is 5.18. The smallest absolute Gasteiger partial charge is 0.261 e. The van der Waals surface area contributed by atoms with Gasteiger partial charge in [0.05, 0.1) is 17.2 Å². The predicted octanol–water partition coefficient (Wildman–Crippen LogP) is 2.52. The lowest BCUT2D eigenvalue weighted by molar-refractivity contribution is -0.130. The molecule has 1 atom stereocenters. The molecule has 4 rings (SSSR count). The van der Waals surface area contributed by atoms with Crippen LogP contribution in [-0.2, 0) is 11.2 Å². The van der Waals surface area contributed by atoms with Crippen molar-refractivity contribution in [2.24, 2.45) is 0 Å². The molecule has 0 spiro atoms. The Hall–Kier alpha value is -2.95. The number of amides is 3. The lowest BCUT2D eigenvalue weighted by Crippen LogP contribution is -2.42. The number of hydrogen-bond acceptors (Lipinski definition) is 3. The first-order valence-electron chi connectivity index (χ1n) is 8.94. The van der Waals surface area contributed by atoms with Gasteiger partial charge < -0.3 is 4.90 Å². The maximum Gasteiger partial charge on any atom is 0.261 e. The standard InChI is InChI=1S/C21H20N2O3/c24-19(11-10-15-6-2-1-3-7-15)22-13-12-16(14-22)23-20(25)17-8-4-5-9-18(17)21(23)26/h1-9,16H,10-14H2. The molecule has 1 unspecified atom stereocenters. The number of likely N-dealkylation sites (tertiary alicyclic amines) is 1. The van der Waals surface area contributed by atoms with Crippen molar-refractivity contribution in [2.45, 2.75) is 25.3 Å². The highest BCUT2D eigenvalue weighted by atomic mass is 16.2. The molecule has 26 heavy (non-hydrogen) atoms. The molecule has 0 radical (unpaired) electrons. The van der Waals surface area contributed by atoms with Gasteiger partial charge in [-0.1, -0.05) is 42.5 Å². The van der Waals surface area contributed by atoms with Crippen molar-refractivity contribution in [3.8, 4) is 0 Å². The number of carbonyl (C=O) groups excluding carboxylic acids is 3. The normalized spacial score (nSPS) is 19.2. The van der Waals surface area contributed by atoms with Gasteiger partial charge in [-0.3, -0.25) is 19.3 Å². The summed E-state index contributed by atoms with van der Waals surface area (Å²) < 4.78 is 0. The van der Waals surface area contributed by atoms with Crippen LogP contribution in [0.5, 0.6) is 0 Å². The van der Waals surface area contributed by atoms with E-state index >= 15 is 0 Å². The monoisotopic (exact) mass is 348 g/mol. The number of aryl methyl sites for hydroxylation is 1. The molecule has 2 aliphatic heterocycles. The molecule has 2 aromatic carbocycles. The zero-order chi connectivity index (χ0) is 18.1. The Balaban J connectivity index is 1.39. The number of fused-ring (bicyclic) bond motifs is 1. The van der Waals surface area contributed by atoms with Crippen LogP contribution in [-0.4, -0.2) is 46.7 Å². The first kappa shape index (κ1) is 16.5. The van der Waals surface area contributed by atoms with Gasteiger partial charge in [-0.2, -0.15) is 0 Å². The minimum atomic E-state index is -0.241. The maximum absolute atomic E-state index is 12.6. The van der Waals surface area contributed by atoms with Crippen LogP contribution in [0, 0.1) is 0 Å². The van der Waals surface area contributed by atoms with Crippen LogP contribution in [0.25, 0.3) is 0 Å². The van der Waals surface area contributed by atoms with Crippen molar-refractivity contribution in [2.75, 3.05) is 13.1 Å². The molecule has 2 heterocycles. The van der Waals surface area contributed by atoms with E-state index in [1.165, 1.54) is 4.90 Å². The van der Waals surface area contributed by atoms with Gasteiger partial charge in [-0.05, 0) is 30.5 Å². The molecule has 2 aliphatic rings. The van der Waals surface area contributed by atoms with Gasteiger partial charge >= 0.3 is 0 Å². The van der Waals surface area contributed by atoms with E-state index in [9.17, 15) is 14.4 Å². The molecule has 5 heteroatoms. The van der Waals surface area contributed by atoms with E-state index in [1.54, 1.807) is 29.2 Å². The average molecular weight is 348 g/mol. The first-order chi connectivity index (χ1) is 12.6. The van der Waals surface area contributed by atoms with Gasteiger partial charge in [0, 0.05) is 19.5 Å². The fourth-order valence-corrected chi connectivity index (χ4v) is 3.77. The van der Waals surface area contributed by atoms with Crippen LogP contribution in [0.15, 0.2) is 54.6 Å². The van der Waals surface area contributed by atoms with Crippen LogP contribution >= 0.6 is 0 Å². The average Bonchev–Trinajstić information content (AvgIpc) is 3.25. The molecule has 1 saturated heterocycles. The Kier molecular flexibility index (Phi) is 4.29. The molecule has 132 valence electrons. The highest BCUT2D eigenvalue weighted by Gasteiger charge is 2.42. The lowest BCUT2D eigenvalue weighted by Gasteiger charge is -2.22. The Labute approximate surface area is 152 Å². The summed E-state index contributed by atoms with van der Waals surface area (Å²) >= 11 is 0. The van der Waals surface area contributed by atoms with E-state index in [0.717, 1.165) is 5.56 Å². The van der Waals surface area contributed by atoms with Crippen LogP contribution in [0.4, 0.5) is 0 Å². The van der Waals surface area contributed by atoms with Crippen molar-refractivity contribution in [3.63, 3.8) is 0 Å². The van der Waals surface area contributed by atoms with Crippen LogP contribution in [0.3, 0.4) is 0 Å². The Morgan fingerprint density at radius 1 is 0.923 bits per heavy atom. The molecule has 0 saturated carbocycles. The Morgan fingerprint density at radius 3 is 2.19 bits per heavy atom. The quantitative estimate of drug-likeness (QED) is 0.798. The fraction of sp³-hybridized carbons (Fsp3) is 0.286. The van der Waals surface area contributed by atoms with Crippen LogP contribution in [0.2, 0.25) is 0 Å². The molecule has 0 N–H and O–H groups in total. The van der Waals surface area contributed by atoms with E-state index in [-0.39, 0.29) is 23.8 Å². The second-order valence-electron chi connectivity index (χ2n) is 6.79. The molecule has 1 fully saturated rings. The SMILES string of the molecule is O=C(CCc1ccccc1)N1CCC(N2C(=O)c3ccccc3C2=O)C1. The Bertz CT molecular complexity index is 828. The third-order valence-electron chi connectivity index (χ3n) is 5.18. The van der Waals surface area contributed by atoms with Gasteiger partial charge in [-0.25, -0.2) is 0 Å². The zero-order valence-corrected chi connectivity index (χ0v) is 14.4. The highest BCUT2D eigenvalue weighted by molar-refractivity contribution is 6.21. The summed E-state index contributed by atoms with van der Waals surface area (Å²) in [4.78, 5) is 40.8. The molecule has 5 nitrogen and oxygen atoms in total. The van der Waals surface area contributed by atoms with E-state index in [2.05, 4.69) is 0 Å². The number of nitrogens with zero attached hydrogens (tertiary/aromatic N) is 2. The summed E-state index contributed by atoms with van der Waals surface area (Å²) in [5.41, 5.74) is 2.06. The van der Waals surface area contributed by atoms with Gasteiger partial charge in [0.25, 0.3) is 11.8 Å². The number of hydrogen-bond donors (Lipinski definition) is 0. The van der Waals surface area contributed by atoms with Crippen molar-refractivity contribution < 1.29 is 14.4 Å². The number of carbonyl (C=O) groups is 3. The van der Waals surface area contributed by atoms with Crippen molar-refractivity contribution in [1.29, 1.82) is 0 Å². The predicted molar refractivity (Wildman–Crippen MR) is 96.7 cm³/mol. The number of imide groups is 1. The summed E-state index contributed by atoms with van der Waals surface area (Å²) in [5.74, 6) is -0.406. The largest absolute Gasteiger partial charge is 0.341 e. The van der Waals surface area contributed by atoms with E-state index in [1.807, 2.05) is 30.3 Å². The molecule has 0 aliphatic carbocycles. The third kappa shape index (κ3) is 2.90. The van der Waals surface area contributed by atoms with Crippen molar-refractivity contribution in [3.05, 3.63) is 71.3 Å². The summed E-state index contributed by atoms with van der Waals surface area (Å²) in [5, 5.41) is 0. The van der Waals surface area contributed by atoms with E-state index < -0.39 is 0 Å².